The molecule has 4 aliphatic heterocycles. The molecule has 3 aromatic carbocycles. The predicted molar refractivity (Wildman–Crippen MR) is 234 cm³/mol. The minimum atomic E-state index is -0.284. The molecule has 61 heavy (non-hydrogen) atoms. The van der Waals surface area contributed by atoms with Crippen molar-refractivity contribution in [1.82, 2.24) is 29.7 Å². The molecule has 3 N–H and O–H groups in total. The number of carbonyl (C=O) groups excluding carboxylic acids is 1. The third-order valence-electron chi connectivity index (χ3n) is 12.3. The fourth-order valence-electron chi connectivity index (χ4n) is 9.26. The Morgan fingerprint density at radius 2 is 1.52 bits per heavy atom. The molecule has 6 heterocycles. The molecule has 14 heteroatoms. The zero-order valence-corrected chi connectivity index (χ0v) is 34.7. The molecule has 12 nitrogen and oxygen atoms in total. The summed E-state index contributed by atoms with van der Waals surface area (Å²) in [5.41, 5.74) is 6.60. The summed E-state index contributed by atoms with van der Waals surface area (Å²) >= 11 is 0. The Kier molecular flexibility index (Phi) is 12.7. The van der Waals surface area contributed by atoms with Gasteiger partial charge in [0.05, 0.1) is 37.1 Å². The van der Waals surface area contributed by atoms with Crippen molar-refractivity contribution in [3.63, 3.8) is 0 Å². The van der Waals surface area contributed by atoms with Gasteiger partial charge >= 0.3 is 5.97 Å². The summed E-state index contributed by atoms with van der Waals surface area (Å²) in [7, 11) is 1.45. The van der Waals surface area contributed by atoms with Crippen molar-refractivity contribution in [2.24, 2.45) is 11.8 Å². The number of fused-ring (bicyclic) bond motifs is 6. The first-order valence-electron chi connectivity index (χ1n) is 21.0. The summed E-state index contributed by atoms with van der Waals surface area (Å²) < 4.78 is 38.0. The molecule has 2 fully saturated rings. The van der Waals surface area contributed by atoms with Crippen LogP contribution in [-0.4, -0.2) is 101 Å². The first-order valence-corrected chi connectivity index (χ1v) is 21.0. The Hall–Kier alpha value is -6.12. The van der Waals surface area contributed by atoms with E-state index in [9.17, 15) is 13.6 Å². The van der Waals surface area contributed by atoms with E-state index in [1.54, 1.807) is 42.7 Å². The van der Waals surface area contributed by atoms with Crippen LogP contribution in [0.2, 0.25) is 0 Å². The highest BCUT2D eigenvalue weighted by molar-refractivity contribution is 5.89. The molecule has 2 saturated heterocycles. The highest BCUT2D eigenvalue weighted by Crippen LogP contribution is 2.47. The normalized spacial score (nSPS) is 21.1. The van der Waals surface area contributed by atoms with Crippen molar-refractivity contribution in [2.75, 3.05) is 75.0 Å². The molecular weight excluding hydrogens is 777 g/mol. The van der Waals surface area contributed by atoms with Crippen LogP contribution in [0.25, 0.3) is 10.9 Å². The zero-order chi connectivity index (χ0) is 42.5. The largest absolute Gasteiger partial charge is 0.497 e. The number of benzene rings is 3. The van der Waals surface area contributed by atoms with E-state index < -0.39 is 0 Å². The molecule has 5 aromatic rings. The van der Waals surface area contributed by atoms with Crippen molar-refractivity contribution in [1.29, 1.82) is 0 Å². The van der Waals surface area contributed by atoms with Gasteiger partial charge in [0.15, 0.2) is 0 Å². The summed E-state index contributed by atoms with van der Waals surface area (Å²) in [6.07, 6.45) is 7.25. The quantitative estimate of drug-likeness (QED) is 0.0910. The number of aromatic nitrogens is 4. The summed E-state index contributed by atoms with van der Waals surface area (Å²) in [5, 5.41) is 7.59. The van der Waals surface area contributed by atoms with Gasteiger partial charge in [-0.2, -0.15) is 15.0 Å². The summed E-state index contributed by atoms with van der Waals surface area (Å²) in [5.74, 6) is 1.21. The van der Waals surface area contributed by atoms with Crippen LogP contribution >= 0.6 is 0 Å². The number of methoxy groups -OCH3 is 1. The van der Waals surface area contributed by atoms with Gasteiger partial charge in [0, 0.05) is 80.8 Å². The molecule has 0 aliphatic carbocycles. The van der Waals surface area contributed by atoms with Crippen molar-refractivity contribution < 1.29 is 23.0 Å². The average molecular weight is 830 g/mol. The number of H-pyrrole nitrogens is 1. The molecule has 0 saturated carbocycles. The number of nitrogens with one attached hydrogen (secondary N) is 3. The number of anilines is 3. The summed E-state index contributed by atoms with van der Waals surface area (Å²) in [4.78, 5) is 36.5. The molecular formula is C47H53F2N9O3. The lowest BCUT2D eigenvalue weighted by Crippen LogP contribution is -2.51. The first-order chi connectivity index (χ1) is 29.7. The third kappa shape index (κ3) is 9.01. The van der Waals surface area contributed by atoms with Gasteiger partial charge in [0.25, 0.3) is 0 Å². The van der Waals surface area contributed by atoms with E-state index in [4.69, 9.17) is 9.47 Å². The van der Waals surface area contributed by atoms with Crippen molar-refractivity contribution >= 4 is 34.7 Å². The minimum Gasteiger partial charge on any atom is -0.497 e. The Morgan fingerprint density at radius 3 is 2.13 bits per heavy atom. The SMILES string of the molecule is C=CCNc1nc(NCC=C)nc(N2CCN(C(c3ccc(F)cc3)c3ccc(F)cc3)CC2)n1.COC(=O)C1=COC(C)C2CN3CCc4c([nH]c5ccccc45)C3CC12. The van der Waals surface area contributed by atoms with Crippen LogP contribution in [0.15, 0.2) is 110 Å². The number of carbonyl (C=O) groups is 1. The number of para-hydroxylation sites is 1. The molecule has 2 aromatic heterocycles. The summed E-state index contributed by atoms with van der Waals surface area (Å²) in [6.45, 7) is 15.5. The number of hydrogen-bond acceptors (Lipinski definition) is 11. The second kappa shape index (κ2) is 18.7. The van der Waals surface area contributed by atoms with Gasteiger partial charge in [-0.15, -0.1) is 13.2 Å². The molecule has 4 unspecified atom stereocenters. The molecule has 318 valence electrons. The Bertz CT molecular complexity index is 2290. The van der Waals surface area contributed by atoms with E-state index in [1.165, 1.54) is 53.5 Å². The number of esters is 1. The van der Waals surface area contributed by atoms with Gasteiger partial charge in [-0.05, 0) is 66.8 Å². The van der Waals surface area contributed by atoms with Crippen LogP contribution < -0.4 is 15.5 Å². The predicted octanol–water partition coefficient (Wildman–Crippen LogP) is 7.44. The molecule has 0 bridgehead atoms. The first kappa shape index (κ1) is 41.6. The highest BCUT2D eigenvalue weighted by Gasteiger charge is 2.47. The number of rotatable bonds is 11. The van der Waals surface area contributed by atoms with Crippen LogP contribution in [0, 0.1) is 23.5 Å². The Balaban J connectivity index is 0.000000175. The van der Waals surface area contributed by atoms with Crippen LogP contribution in [0.3, 0.4) is 0 Å². The van der Waals surface area contributed by atoms with Gasteiger partial charge in [0.1, 0.15) is 11.6 Å². The fourth-order valence-corrected chi connectivity index (χ4v) is 9.26. The number of nitrogens with zero attached hydrogens (tertiary/aromatic N) is 6. The topological polar surface area (TPSA) is 124 Å². The lowest BCUT2D eigenvalue weighted by atomic mass is 9.72. The molecule has 0 radical (unpaired) electrons. The second-order valence-electron chi connectivity index (χ2n) is 15.9. The van der Waals surface area contributed by atoms with E-state index in [0.29, 0.717) is 61.6 Å². The van der Waals surface area contributed by atoms with Crippen LogP contribution in [0.1, 0.15) is 47.8 Å². The van der Waals surface area contributed by atoms with Crippen molar-refractivity contribution in [2.45, 2.75) is 38.0 Å². The van der Waals surface area contributed by atoms with Crippen LogP contribution in [0.4, 0.5) is 26.6 Å². The van der Waals surface area contributed by atoms with Crippen LogP contribution in [0.5, 0.6) is 0 Å². The molecule has 4 atom stereocenters. The number of piperazine rings is 1. The Morgan fingerprint density at radius 1 is 0.902 bits per heavy atom. The highest BCUT2D eigenvalue weighted by atomic mass is 19.1. The second-order valence-corrected chi connectivity index (χ2v) is 15.9. The number of aromatic amines is 1. The van der Waals surface area contributed by atoms with E-state index >= 15 is 0 Å². The maximum Gasteiger partial charge on any atom is 0.337 e. The van der Waals surface area contributed by atoms with Crippen molar-refractivity contribution in [3.05, 3.63) is 144 Å². The van der Waals surface area contributed by atoms with Gasteiger partial charge in [0.2, 0.25) is 17.8 Å². The van der Waals surface area contributed by atoms with Crippen molar-refractivity contribution in [3.8, 4) is 0 Å². The molecule has 0 spiro atoms. The molecule has 0 amide bonds. The lowest BCUT2D eigenvalue weighted by molar-refractivity contribution is -0.139. The minimum absolute atomic E-state index is 0.119. The number of ether oxygens (including phenoxy) is 2. The maximum absolute atomic E-state index is 13.6. The lowest BCUT2D eigenvalue weighted by Gasteiger charge is -2.49. The van der Waals surface area contributed by atoms with E-state index in [0.717, 1.165) is 50.1 Å². The van der Waals surface area contributed by atoms with Gasteiger partial charge in [-0.3, -0.25) is 9.80 Å². The van der Waals surface area contributed by atoms with E-state index in [2.05, 4.69) is 89.6 Å². The van der Waals surface area contributed by atoms with E-state index in [-0.39, 0.29) is 35.7 Å². The maximum atomic E-state index is 13.6. The molecule has 4 aliphatic rings. The molecule has 9 rings (SSSR count). The Labute approximate surface area is 355 Å². The van der Waals surface area contributed by atoms with Gasteiger partial charge in [-0.1, -0.05) is 54.6 Å². The van der Waals surface area contributed by atoms with Gasteiger partial charge < -0.3 is 30.0 Å². The van der Waals surface area contributed by atoms with Gasteiger partial charge in [-0.25, -0.2) is 13.6 Å². The monoisotopic (exact) mass is 829 g/mol. The number of piperidine rings is 1. The standard InChI is InChI=1S/C26H29F2N7.C21H24N2O3/c1-3-13-29-24-31-25(30-14-4-2)33-26(32-24)35-17-15-34(16-18-35)23(19-5-9-21(27)10-6-19)20-7-11-22(28)12-8-20;1-12-16-10-23-8-7-14-13-5-3-4-6-18(13)22-20(14)19(23)9-15(16)17(11-26-12)21(24)25-2/h3-12,23H,1-2,13-18H2,(H2,29,30,31,32,33);3-6,11-12,15-16,19,22H,7-10H2,1-2H3. The van der Waals surface area contributed by atoms with Crippen LogP contribution in [-0.2, 0) is 20.7 Å². The zero-order valence-electron chi connectivity index (χ0n) is 34.7. The third-order valence-corrected chi connectivity index (χ3v) is 12.3. The van der Waals surface area contributed by atoms with E-state index in [1.807, 2.05) is 0 Å². The smallest absolute Gasteiger partial charge is 0.337 e. The summed E-state index contributed by atoms with van der Waals surface area (Å²) in [6, 6.07) is 21.8. The fraction of sp³-hybridized carbons (Fsp3) is 0.362. The number of halogens is 2. The average Bonchev–Trinajstić information content (AvgIpc) is 3.68. The number of hydrogen-bond donors (Lipinski definition) is 3.